The predicted molar refractivity (Wildman–Crippen MR) is 52.7 cm³/mol. The van der Waals surface area contributed by atoms with E-state index in [0.29, 0.717) is 13.0 Å². The Morgan fingerprint density at radius 1 is 1.71 bits per heavy atom. The first kappa shape index (κ1) is 10.7. The number of anilines is 1. The average molecular weight is 197 g/mol. The summed E-state index contributed by atoms with van der Waals surface area (Å²) in [5.74, 6) is -0.189. The summed E-state index contributed by atoms with van der Waals surface area (Å²) in [4.78, 5) is 15.3. The number of amides is 1. The molecule has 0 aliphatic rings. The summed E-state index contributed by atoms with van der Waals surface area (Å²) >= 11 is 0. The first-order valence-corrected chi connectivity index (χ1v) is 4.59. The second kappa shape index (κ2) is 4.76. The Morgan fingerprint density at radius 2 is 2.43 bits per heavy atom. The highest BCUT2D eigenvalue weighted by Crippen LogP contribution is 2.08. The number of nitrogens with zero attached hydrogens (tertiary/aromatic N) is 1. The minimum atomic E-state index is -0.105. The summed E-state index contributed by atoms with van der Waals surface area (Å²) in [6.07, 6.45) is 2.16. The van der Waals surface area contributed by atoms with Gasteiger partial charge in [0.1, 0.15) is 6.26 Å². The highest BCUT2D eigenvalue weighted by molar-refractivity contribution is 5.89. The summed E-state index contributed by atoms with van der Waals surface area (Å²) in [6.45, 7) is 4.13. The second-order valence-electron chi connectivity index (χ2n) is 3.33. The number of rotatable bonds is 4. The molecule has 0 atom stereocenters. The summed E-state index contributed by atoms with van der Waals surface area (Å²) in [6, 6.07) is 0.243. The van der Waals surface area contributed by atoms with Crippen LogP contribution in [0.3, 0.4) is 0 Å². The Kier molecular flexibility index (Phi) is 3.64. The second-order valence-corrected chi connectivity index (χ2v) is 3.33. The molecule has 3 N–H and O–H groups in total. The van der Waals surface area contributed by atoms with E-state index in [4.69, 9.17) is 10.2 Å². The van der Waals surface area contributed by atoms with Gasteiger partial charge in [0, 0.05) is 12.3 Å². The molecular formula is C9H15N3O2. The quantitative estimate of drug-likeness (QED) is 0.747. The first-order valence-electron chi connectivity index (χ1n) is 4.59. The molecule has 0 aromatic carbocycles. The SMILES string of the molecule is CC(C)C(=O)Nc1nc(CCN)co1. The minimum absolute atomic E-state index is 0.0835. The third kappa shape index (κ3) is 2.85. The number of oxazole rings is 1. The molecular weight excluding hydrogens is 182 g/mol. The fourth-order valence-electron chi connectivity index (χ4n) is 0.877. The van der Waals surface area contributed by atoms with Crippen LogP contribution < -0.4 is 11.1 Å². The Bertz CT molecular complexity index is 307. The van der Waals surface area contributed by atoms with Crippen LogP contribution in [0.25, 0.3) is 0 Å². The number of carbonyl (C=O) groups is 1. The molecule has 0 saturated heterocycles. The van der Waals surface area contributed by atoms with Crippen LogP contribution in [0.5, 0.6) is 0 Å². The topological polar surface area (TPSA) is 81.2 Å². The Balaban J connectivity index is 2.55. The number of nitrogens with one attached hydrogen (secondary N) is 1. The Morgan fingerprint density at radius 3 is 3.00 bits per heavy atom. The van der Waals surface area contributed by atoms with Crippen molar-refractivity contribution in [3.63, 3.8) is 0 Å². The largest absolute Gasteiger partial charge is 0.432 e. The third-order valence-corrected chi connectivity index (χ3v) is 1.71. The van der Waals surface area contributed by atoms with Gasteiger partial charge in [0.15, 0.2) is 0 Å². The highest BCUT2D eigenvalue weighted by atomic mass is 16.4. The smallest absolute Gasteiger partial charge is 0.301 e. The lowest BCUT2D eigenvalue weighted by atomic mass is 10.2. The minimum Gasteiger partial charge on any atom is -0.432 e. The summed E-state index contributed by atoms with van der Waals surface area (Å²) in [5, 5.41) is 2.56. The van der Waals surface area contributed by atoms with Crippen molar-refractivity contribution < 1.29 is 9.21 Å². The van der Waals surface area contributed by atoms with Crippen LogP contribution in [0.1, 0.15) is 19.5 Å². The van der Waals surface area contributed by atoms with Crippen LogP contribution >= 0.6 is 0 Å². The summed E-state index contributed by atoms with van der Waals surface area (Å²) in [5.41, 5.74) is 6.11. The van der Waals surface area contributed by atoms with Gasteiger partial charge in [0.2, 0.25) is 5.91 Å². The van der Waals surface area contributed by atoms with E-state index in [2.05, 4.69) is 10.3 Å². The number of hydrogen-bond donors (Lipinski definition) is 2. The highest BCUT2D eigenvalue weighted by Gasteiger charge is 2.10. The van der Waals surface area contributed by atoms with E-state index in [-0.39, 0.29) is 17.8 Å². The number of carbonyl (C=O) groups excluding carboxylic acids is 1. The maximum absolute atomic E-state index is 11.2. The molecule has 14 heavy (non-hydrogen) atoms. The lowest BCUT2D eigenvalue weighted by Crippen LogP contribution is -2.17. The van der Waals surface area contributed by atoms with Gasteiger partial charge < -0.3 is 10.2 Å². The fraction of sp³-hybridized carbons (Fsp3) is 0.556. The molecule has 0 saturated carbocycles. The zero-order chi connectivity index (χ0) is 10.6. The Hall–Kier alpha value is -1.36. The maximum Gasteiger partial charge on any atom is 0.301 e. The molecule has 1 aromatic heterocycles. The van der Waals surface area contributed by atoms with Crippen molar-refractivity contribution in [1.82, 2.24) is 4.98 Å². The lowest BCUT2D eigenvalue weighted by molar-refractivity contribution is -0.119. The van der Waals surface area contributed by atoms with Crippen molar-refractivity contribution in [2.75, 3.05) is 11.9 Å². The van der Waals surface area contributed by atoms with E-state index in [1.54, 1.807) is 13.8 Å². The zero-order valence-electron chi connectivity index (χ0n) is 8.41. The number of nitrogens with two attached hydrogens (primary N) is 1. The van der Waals surface area contributed by atoms with E-state index >= 15 is 0 Å². The van der Waals surface area contributed by atoms with Crippen molar-refractivity contribution in [3.05, 3.63) is 12.0 Å². The van der Waals surface area contributed by atoms with Crippen molar-refractivity contribution in [2.24, 2.45) is 11.7 Å². The van der Waals surface area contributed by atoms with Crippen LogP contribution in [0.4, 0.5) is 6.01 Å². The maximum atomic E-state index is 11.2. The molecule has 5 heteroatoms. The molecule has 1 rings (SSSR count). The van der Waals surface area contributed by atoms with Gasteiger partial charge >= 0.3 is 6.01 Å². The van der Waals surface area contributed by atoms with Gasteiger partial charge in [-0.2, -0.15) is 4.98 Å². The molecule has 0 unspecified atom stereocenters. The van der Waals surface area contributed by atoms with Crippen molar-refractivity contribution in [3.8, 4) is 0 Å². The van der Waals surface area contributed by atoms with Crippen molar-refractivity contribution >= 4 is 11.9 Å². The molecule has 1 amide bonds. The van der Waals surface area contributed by atoms with Crippen LogP contribution in [-0.4, -0.2) is 17.4 Å². The van der Waals surface area contributed by atoms with E-state index in [0.717, 1.165) is 5.69 Å². The number of aromatic nitrogens is 1. The van der Waals surface area contributed by atoms with Gasteiger partial charge in [-0.05, 0) is 6.54 Å². The van der Waals surface area contributed by atoms with Crippen molar-refractivity contribution in [2.45, 2.75) is 20.3 Å². The van der Waals surface area contributed by atoms with Crippen LogP contribution in [-0.2, 0) is 11.2 Å². The first-order chi connectivity index (χ1) is 6.63. The molecule has 0 spiro atoms. The fourth-order valence-corrected chi connectivity index (χ4v) is 0.877. The van der Waals surface area contributed by atoms with Crippen molar-refractivity contribution in [1.29, 1.82) is 0 Å². The molecule has 0 bridgehead atoms. The van der Waals surface area contributed by atoms with Crippen LogP contribution in [0.2, 0.25) is 0 Å². The molecule has 78 valence electrons. The lowest BCUT2D eigenvalue weighted by Gasteiger charge is -2.02. The normalized spacial score (nSPS) is 10.6. The van der Waals surface area contributed by atoms with E-state index < -0.39 is 0 Å². The molecule has 0 aliphatic heterocycles. The molecule has 1 aromatic rings. The predicted octanol–water partition coefficient (Wildman–Crippen LogP) is 0.770. The Labute approximate surface area is 82.7 Å². The van der Waals surface area contributed by atoms with Gasteiger partial charge in [0.25, 0.3) is 0 Å². The van der Waals surface area contributed by atoms with E-state index in [9.17, 15) is 4.79 Å². The molecule has 0 radical (unpaired) electrons. The summed E-state index contributed by atoms with van der Waals surface area (Å²) < 4.78 is 5.04. The molecule has 0 fully saturated rings. The van der Waals surface area contributed by atoms with Crippen LogP contribution in [0, 0.1) is 5.92 Å². The average Bonchev–Trinajstić information content (AvgIpc) is 2.53. The van der Waals surface area contributed by atoms with E-state index in [1.165, 1.54) is 6.26 Å². The summed E-state index contributed by atoms with van der Waals surface area (Å²) in [7, 11) is 0. The van der Waals surface area contributed by atoms with Gasteiger partial charge in [-0.3, -0.25) is 10.1 Å². The van der Waals surface area contributed by atoms with Gasteiger partial charge in [0.05, 0.1) is 5.69 Å². The molecule has 1 heterocycles. The van der Waals surface area contributed by atoms with Gasteiger partial charge in [-0.1, -0.05) is 13.8 Å². The van der Waals surface area contributed by atoms with Gasteiger partial charge in [-0.15, -0.1) is 0 Å². The van der Waals surface area contributed by atoms with E-state index in [1.807, 2.05) is 0 Å². The molecule has 5 nitrogen and oxygen atoms in total. The molecule has 0 aliphatic carbocycles. The van der Waals surface area contributed by atoms with Crippen LogP contribution in [0.15, 0.2) is 10.7 Å². The zero-order valence-corrected chi connectivity index (χ0v) is 8.41. The number of hydrogen-bond acceptors (Lipinski definition) is 4. The monoisotopic (exact) mass is 197 g/mol. The third-order valence-electron chi connectivity index (χ3n) is 1.71. The van der Waals surface area contributed by atoms with Gasteiger partial charge in [-0.25, -0.2) is 0 Å². The standard InChI is InChI=1S/C9H15N3O2/c1-6(2)8(13)12-9-11-7(3-4-10)5-14-9/h5-6H,3-4,10H2,1-2H3,(H,11,12,13).